The average Bonchev–Trinajstić information content (AvgIpc) is 2.37. The fourth-order valence-electron chi connectivity index (χ4n) is 1.77. The molecule has 0 aliphatic heterocycles. The van der Waals surface area contributed by atoms with Crippen LogP contribution in [0.25, 0.3) is 0 Å². The average molecular weight is 288 g/mol. The monoisotopic (exact) mass is 288 g/mol. The summed E-state index contributed by atoms with van der Waals surface area (Å²) in [6, 6.07) is 5.29. The summed E-state index contributed by atoms with van der Waals surface area (Å²) in [6.45, 7) is 7.75. The van der Waals surface area contributed by atoms with Crippen LogP contribution in [0.5, 0.6) is 0 Å². The van der Waals surface area contributed by atoms with Crippen molar-refractivity contribution in [3.8, 4) is 0 Å². The molecular weight excluding hydrogens is 265 g/mol. The van der Waals surface area contributed by atoms with E-state index < -0.39 is 11.7 Å². The summed E-state index contributed by atoms with van der Waals surface area (Å²) in [4.78, 5) is 0. The summed E-state index contributed by atoms with van der Waals surface area (Å²) in [5, 5.41) is 6.57. The highest BCUT2D eigenvalue weighted by atomic mass is 19.4. The van der Waals surface area contributed by atoms with Crippen LogP contribution in [0.3, 0.4) is 0 Å². The smallest absolute Gasteiger partial charge is 0.316 e. The molecule has 0 saturated heterocycles. The summed E-state index contributed by atoms with van der Waals surface area (Å²) < 4.78 is 37.1. The molecule has 0 atom stereocenters. The van der Waals surface area contributed by atoms with Gasteiger partial charge in [0.05, 0.1) is 5.56 Å². The van der Waals surface area contributed by atoms with E-state index >= 15 is 0 Å². The van der Waals surface area contributed by atoms with Crippen LogP contribution < -0.4 is 10.6 Å². The lowest BCUT2D eigenvalue weighted by atomic mass is 10.1. The van der Waals surface area contributed by atoms with E-state index in [4.69, 9.17) is 0 Å². The summed E-state index contributed by atoms with van der Waals surface area (Å²) in [5.74, 6) is 0.648. The van der Waals surface area contributed by atoms with Crippen molar-refractivity contribution in [2.75, 3.05) is 19.6 Å². The van der Waals surface area contributed by atoms with Crippen LogP contribution in [0.15, 0.2) is 24.3 Å². The Morgan fingerprint density at radius 1 is 1.00 bits per heavy atom. The third-order valence-electron chi connectivity index (χ3n) is 2.87. The Hall–Kier alpha value is -1.07. The minimum Gasteiger partial charge on any atom is -0.316 e. The second-order valence-electron chi connectivity index (χ2n) is 5.32. The molecule has 0 radical (unpaired) electrons. The Balaban J connectivity index is 2.16. The molecule has 20 heavy (non-hydrogen) atoms. The number of halogens is 3. The number of benzene rings is 1. The molecule has 1 rings (SSSR count). The topological polar surface area (TPSA) is 24.1 Å². The SMILES string of the molecule is CC(C)CNCCCNCc1ccc(C(F)(F)F)cc1. The number of nitrogens with one attached hydrogen (secondary N) is 2. The first kappa shape index (κ1) is 17.0. The van der Waals surface area contributed by atoms with Gasteiger partial charge in [0, 0.05) is 6.54 Å². The van der Waals surface area contributed by atoms with Crippen LogP contribution in [0, 0.1) is 5.92 Å². The van der Waals surface area contributed by atoms with E-state index in [9.17, 15) is 13.2 Å². The Morgan fingerprint density at radius 3 is 2.15 bits per heavy atom. The van der Waals surface area contributed by atoms with E-state index in [0.29, 0.717) is 12.5 Å². The minimum absolute atomic E-state index is 0.598. The standard InChI is InChI=1S/C15H23F3N2/c1-12(2)10-19-8-3-9-20-11-13-4-6-14(7-5-13)15(16,17)18/h4-7,12,19-20H,3,8-11H2,1-2H3. The highest BCUT2D eigenvalue weighted by Crippen LogP contribution is 2.28. The van der Waals surface area contributed by atoms with Crippen molar-refractivity contribution >= 4 is 0 Å². The van der Waals surface area contributed by atoms with Crippen molar-refractivity contribution in [1.29, 1.82) is 0 Å². The molecule has 0 amide bonds. The maximum absolute atomic E-state index is 12.4. The third-order valence-corrected chi connectivity index (χ3v) is 2.87. The van der Waals surface area contributed by atoms with Crippen LogP contribution in [0.2, 0.25) is 0 Å². The van der Waals surface area contributed by atoms with Crippen LogP contribution >= 0.6 is 0 Å². The van der Waals surface area contributed by atoms with Crippen molar-refractivity contribution in [3.05, 3.63) is 35.4 Å². The van der Waals surface area contributed by atoms with Gasteiger partial charge in [0.25, 0.3) is 0 Å². The molecule has 0 saturated carbocycles. The van der Waals surface area contributed by atoms with Crippen molar-refractivity contribution < 1.29 is 13.2 Å². The molecule has 0 heterocycles. The second-order valence-corrected chi connectivity index (χ2v) is 5.32. The van der Waals surface area contributed by atoms with Gasteiger partial charge < -0.3 is 10.6 Å². The Kier molecular flexibility index (Phi) is 7.02. The fourth-order valence-corrected chi connectivity index (χ4v) is 1.77. The summed E-state index contributed by atoms with van der Waals surface area (Å²) >= 11 is 0. The van der Waals surface area contributed by atoms with Gasteiger partial charge in [-0.15, -0.1) is 0 Å². The molecular formula is C15H23F3N2. The highest BCUT2D eigenvalue weighted by molar-refractivity contribution is 5.24. The first-order valence-electron chi connectivity index (χ1n) is 6.97. The first-order valence-corrected chi connectivity index (χ1v) is 6.97. The molecule has 114 valence electrons. The minimum atomic E-state index is -4.26. The Morgan fingerprint density at radius 2 is 1.60 bits per heavy atom. The van der Waals surface area contributed by atoms with E-state index in [1.807, 2.05) is 0 Å². The first-order chi connectivity index (χ1) is 9.39. The van der Waals surface area contributed by atoms with E-state index in [1.54, 1.807) is 0 Å². The van der Waals surface area contributed by atoms with Crippen molar-refractivity contribution in [2.24, 2.45) is 5.92 Å². The van der Waals surface area contributed by atoms with E-state index in [2.05, 4.69) is 24.5 Å². The van der Waals surface area contributed by atoms with E-state index in [1.165, 1.54) is 12.1 Å². The molecule has 2 N–H and O–H groups in total. The van der Waals surface area contributed by atoms with Gasteiger partial charge in [0.1, 0.15) is 0 Å². The van der Waals surface area contributed by atoms with Gasteiger partial charge >= 0.3 is 6.18 Å². The molecule has 0 aliphatic rings. The summed E-state index contributed by atoms with van der Waals surface area (Å²) in [7, 11) is 0. The molecule has 0 spiro atoms. The van der Waals surface area contributed by atoms with Gasteiger partial charge in [-0.2, -0.15) is 13.2 Å². The fraction of sp³-hybridized carbons (Fsp3) is 0.600. The second kappa shape index (κ2) is 8.27. The molecule has 1 aromatic carbocycles. The van der Waals surface area contributed by atoms with Gasteiger partial charge in [0.15, 0.2) is 0 Å². The number of hydrogen-bond donors (Lipinski definition) is 2. The molecule has 5 heteroatoms. The zero-order valence-corrected chi connectivity index (χ0v) is 12.1. The maximum Gasteiger partial charge on any atom is 0.416 e. The molecule has 0 fully saturated rings. The normalized spacial score (nSPS) is 12.1. The largest absolute Gasteiger partial charge is 0.416 e. The van der Waals surface area contributed by atoms with Gasteiger partial charge in [0.2, 0.25) is 0 Å². The van der Waals surface area contributed by atoms with Crippen molar-refractivity contribution in [3.63, 3.8) is 0 Å². The predicted molar refractivity (Wildman–Crippen MR) is 75.5 cm³/mol. The van der Waals surface area contributed by atoms with Crippen LogP contribution in [0.1, 0.15) is 31.4 Å². The maximum atomic E-state index is 12.4. The lowest BCUT2D eigenvalue weighted by Gasteiger charge is -2.09. The van der Waals surface area contributed by atoms with Gasteiger partial charge in [-0.05, 0) is 49.7 Å². The van der Waals surface area contributed by atoms with Crippen LogP contribution in [-0.2, 0) is 12.7 Å². The molecule has 0 unspecified atom stereocenters. The van der Waals surface area contributed by atoms with Crippen molar-refractivity contribution in [1.82, 2.24) is 10.6 Å². The van der Waals surface area contributed by atoms with Crippen LogP contribution in [-0.4, -0.2) is 19.6 Å². The molecule has 1 aromatic rings. The predicted octanol–water partition coefficient (Wildman–Crippen LogP) is 3.43. The third kappa shape index (κ3) is 6.91. The molecule has 0 aliphatic carbocycles. The van der Waals surface area contributed by atoms with E-state index in [-0.39, 0.29) is 0 Å². The van der Waals surface area contributed by atoms with Crippen LogP contribution in [0.4, 0.5) is 13.2 Å². The summed E-state index contributed by atoms with van der Waals surface area (Å²) in [5.41, 5.74) is 0.271. The number of rotatable bonds is 8. The number of alkyl halides is 3. The molecule has 0 aromatic heterocycles. The lowest BCUT2D eigenvalue weighted by Crippen LogP contribution is -2.24. The number of hydrogen-bond acceptors (Lipinski definition) is 2. The van der Waals surface area contributed by atoms with Gasteiger partial charge in [-0.3, -0.25) is 0 Å². The van der Waals surface area contributed by atoms with Gasteiger partial charge in [-0.25, -0.2) is 0 Å². The molecule has 0 bridgehead atoms. The highest BCUT2D eigenvalue weighted by Gasteiger charge is 2.29. The van der Waals surface area contributed by atoms with Gasteiger partial charge in [-0.1, -0.05) is 26.0 Å². The molecule has 2 nitrogen and oxygen atoms in total. The summed E-state index contributed by atoms with van der Waals surface area (Å²) in [6.07, 6.45) is -3.25. The quantitative estimate of drug-likeness (QED) is 0.716. The lowest BCUT2D eigenvalue weighted by molar-refractivity contribution is -0.137. The Bertz CT molecular complexity index is 372. The zero-order valence-electron chi connectivity index (χ0n) is 12.1. The van der Waals surface area contributed by atoms with E-state index in [0.717, 1.165) is 43.8 Å². The van der Waals surface area contributed by atoms with Crippen molar-refractivity contribution in [2.45, 2.75) is 33.0 Å². The Labute approximate surface area is 118 Å². The zero-order chi connectivity index (χ0) is 15.0.